The van der Waals surface area contributed by atoms with Gasteiger partial charge in [-0.15, -0.1) is 0 Å². The number of benzene rings is 2. The summed E-state index contributed by atoms with van der Waals surface area (Å²) in [5.41, 5.74) is 0.689. The minimum atomic E-state index is -4.43. The van der Waals surface area contributed by atoms with Crippen LogP contribution in [0.15, 0.2) is 41.3 Å². The normalized spacial score (nSPS) is 11.4. The van der Waals surface area contributed by atoms with Crippen LogP contribution in [0, 0.1) is 0 Å². The molecular formula is C20H27KO3S. The van der Waals surface area contributed by atoms with E-state index < -0.39 is 10.1 Å². The summed E-state index contributed by atoms with van der Waals surface area (Å²) in [6, 6.07) is 10.9. The Morgan fingerprint density at radius 1 is 0.840 bits per heavy atom. The first-order valence-corrected chi connectivity index (χ1v) is 10.4. The number of rotatable bonds is 10. The Morgan fingerprint density at radius 2 is 1.44 bits per heavy atom. The summed E-state index contributed by atoms with van der Waals surface area (Å²) in [5, 5.41) is 1.87. The van der Waals surface area contributed by atoms with Gasteiger partial charge < -0.3 is 4.55 Å². The SMILES string of the molecule is CCCCCCCCCCc1c(S(=O)(=O)[O-])ccc2ccccc12.[K+]. The van der Waals surface area contributed by atoms with Gasteiger partial charge in [-0.2, -0.15) is 0 Å². The second-order valence-corrected chi connectivity index (χ2v) is 7.79. The number of hydrogen-bond donors (Lipinski definition) is 0. The standard InChI is InChI=1S/C20H28O3S.K/c1-2-3-4-5-6-7-8-9-14-19-18-13-11-10-12-17(18)15-16-20(19)24(21,22)23;/h10-13,15-16H,2-9,14H2,1H3,(H,21,22,23);/q;+1/p-1. The van der Waals surface area contributed by atoms with Crippen LogP contribution in [0.1, 0.15) is 63.9 Å². The van der Waals surface area contributed by atoms with Gasteiger partial charge in [0.25, 0.3) is 0 Å². The van der Waals surface area contributed by atoms with Gasteiger partial charge in [0.2, 0.25) is 0 Å². The van der Waals surface area contributed by atoms with Crippen molar-refractivity contribution in [3.63, 3.8) is 0 Å². The van der Waals surface area contributed by atoms with Gasteiger partial charge >= 0.3 is 51.4 Å². The minimum absolute atomic E-state index is 0. The van der Waals surface area contributed by atoms with Crippen molar-refractivity contribution in [3.05, 3.63) is 42.0 Å². The fraction of sp³-hybridized carbons (Fsp3) is 0.500. The summed E-state index contributed by atoms with van der Waals surface area (Å²) in [7, 11) is -4.43. The van der Waals surface area contributed by atoms with Gasteiger partial charge in [-0.05, 0) is 35.2 Å². The largest absolute Gasteiger partial charge is 1.00 e. The molecule has 0 saturated carbocycles. The molecule has 0 fully saturated rings. The molecule has 0 spiro atoms. The van der Waals surface area contributed by atoms with Crippen LogP contribution in [-0.4, -0.2) is 13.0 Å². The maximum Gasteiger partial charge on any atom is 1.00 e. The molecule has 0 aliphatic carbocycles. The summed E-state index contributed by atoms with van der Waals surface area (Å²) in [4.78, 5) is -0.0517. The fourth-order valence-corrected chi connectivity index (χ4v) is 3.99. The zero-order valence-corrected chi connectivity index (χ0v) is 19.4. The number of aryl methyl sites for hydroxylation is 1. The Bertz CT molecular complexity index is 757. The molecule has 0 aliphatic heterocycles. The average Bonchev–Trinajstić information content (AvgIpc) is 2.56. The Balaban J connectivity index is 0.00000312. The van der Waals surface area contributed by atoms with Crippen LogP contribution < -0.4 is 51.4 Å². The van der Waals surface area contributed by atoms with E-state index in [0.29, 0.717) is 12.0 Å². The molecule has 0 aliphatic rings. The van der Waals surface area contributed by atoms with E-state index in [1.165, 1.54) is 44.6 Å². The van der Waals surface area contributed by atoms with Crippen LogP contribution in [-0.2, 0) is 16.5 Å². The van der Waals surface area contributed by atoms with E-state index in [1.807, 2.05) is 24.3 Å². The number of hydrogen-bond acceptors (Lipinski definition) is 3. The molecule has 0 radical (unpaired) electrons. The average molecular weight is 387 g/mol. The van der Waals surface area contributed by atoms with E-state index in [9.17, 15) is 13.0 Å². The molecule has 0 amide bonds. The van der Waals surface area contributed by atoms with Crippen molar-refractivity contribution >= 4 is 20.9 Å². The second-order valence-electron chi connectivity index (χ2n) is 6.44. The monoisotopic (exact) mass is 386 g/mol. The van der Waals surface area contributed by atoms with Crippen molar-refractivity contribution in [1.82, 2.24) is 0 Å². The van der Waals surface area contributed by atoms with Gasteiger partial charge in [0.1, 0.15) is 10.1 Å². The molecule has 25 heavy (non-hydrogen) atoms. The molecule has 3 nitrogen and oxygen atoms in total. The van der Waals surface area contributed by atoms with Crippen LogP contribution in [0.2, 0.25) is 0 Å². The maximum atomic E-state index is 11.6. The summed E-state index contributed by atoms with van der Waals surface area (Å²) >= 11 is 0. The first kappa shape index (κ1) is 23.3. The van der Waals surface area contributed by atoms with Crippen molar-refractivity contribution in [2.45, 2.75) is 69.6 Å². The number of unbranched alkanes of at least 4 members (excludes halogenated alkanes) is 7. The Hall–Kier alpha value is 0.246. The van der Waals surface area contributed by atoms with Crippen molar-refractivity contribution in [1.29, 1.82) is 0 Å². The first-order chi connectivity index (χ1) is 11.5. The number of fused-ring (bicyclic) bond motifs is 1. The van der Waals surface area contributed by atoms with E-state index in [-0.39, 0.29) is 56.3 Å². The second kappa shape index (κ2) is 11.9. The molecule has 2 rings (SSSR count). The topological polar surface area (TPSA) is 57.2 Å². The summed E-state index contributed by atoms with van der Waals surface area (Å²) in [6.45, 7) is 2.21. The van der Waals surface area contributed by atoms with E-state index in [1.54, 1.807) is 6.07 Å². The van der Waals surface area contributed by atoms with Crippen molar-refractivity contribution in [2.24, 2.45) is 0 Å². The molecule has 2 aromatic carbocycles. The van der Waals surface area contributed by atoms with Gasteiger partial charge in [-0.25, -0.2) is 8.42 Å². The van der Waals surface area contributed by atoms with Gasteiger partial charge in [0.15, 0.2) is 0 Å². The molecule has 0 atom stereocenters. The minimum Gasteiger partial charge on any atom is -0.744 e. The van der Waals surface area contributed by atoms with Gasteiger partial charge in [0, 0.05) is 0 Å². The predicted molar refractivity (Wildman–Crippen MR) is 98.2 cm³/mol. The molecule has 0 unspecified atom stereocenters. The summed E-state index contributed by atoms with van der Waals surface area (Å²) in [5.74, 6) is 0. The van der Waals surface area contributed by atoms with E-state index in [2.05, 4.69) is 6.92 Å². The summed E-state index contributed by atoms with van der Waals surface area (Å²) in [6.07, 6.45) is 10.2. The van der Waals surface area contributed by atoms with Crippen molar-refractivity contribution < 1.29 is 64.4 Å². The Labute approximate surface area is 194 Å². The van der Waals surface area contributed by atoms with Crippen LogP contribution in [0.4, 0.5) is 0 Å². The molecule has 0 bridgehead atoms. The molecule has 0 saturated heterocycles. The van der Waals surface area contributed by atoms with Crippen LogP contribution in [0.3, 0.4) is 0 Å². The third kappa shape index (κ3) is 7.41. The Morgan fingerprint density at radius 3 is 2.08 bits per heavy atom. The third-order valence-electron chi connectivity index (χ3n) is 4.55. The van der Waals surface area contributed by atoms with Crippen LogP contribution in [0.25, 0.3) is 10.8 Å². The summed E-state index contributed by atoms with van der Waals surface area (Å²) < 4.78 is 34.7. The molecule has 0 aromatic heterocycles. The molecular weight excluding hydrogens is 359 g/mol. The van der Waals surface area contributed by atoms with E-state index in [0.717, 1.165) is 23.6 Å². The van der Waals surface area contributed by atoms with Crippen LogP contribution >= 0.6 is 0 Å². The smallest absolute Gasteiger partial charge is 0.744 e. The predicted octanol–water partition coefficient (Wildman–Crippen LogP) is 2.43. The van der Waals surface area contributed by atoms with Crippen molar-refractivity contribution in [2.75, 3.05) is 0 Å². The molecule has 132 valence electrons. The molecule has 2 aromatic rings. The van der Waals surface area contributed by atoms with Gasteiger partial charge in [-0.1, -0.05) is 82.2 Å². The van der Waals surface area contributed by atoms with Crippen molar-refractivity contribution in [3.8, 4) is 0 Å². The molecule has 0 N–H and O–H groups in total. The quantitative estimate of drug-likeness (QED) is 0.358. The maximum absolute atomic E-state index is 11.6. The molecule has 0 heterocycles. The van der Waals surface area contributed by atoms with Gasteiger partial charge in [-0.3, -0.25) is 0 Å². The van der Waals surface area contributed by atoms with Gasteiger partial charge in [0.05, 0.1) is 4.90 Å². The zero-order chi connectivity index (χ0) is 17.4. The van der Waals surface area contributed by atoms with E-state index >= 15 is 0 Å². The van der Waals surface area contributed by atoms with Crippen LogP contribution in [0.5, 0.6) is 0 Å². The zero-order valence-electron chi connectivity index (χ0n) is 15.5. The first-order valence-electron chi connectivity index (χ1n) is 9.00. The van der Waals surface area contributed by atoms with E-state index in [4.69, 9.17) is 0 Å². The Kier molecular flexibility index (Phi) is 11.0. The third-order valence-corrected chi connectivity index (χ3v) is 5.47. The molecule has 5 heteroatoms. The fourth-order valence-electron chi connectivity index (χ4n) is 3.24.